The van der Waals surface area contributed by atoms with Crippen LogP contribution >= 0.6 is 0 Å². The molecule has 2 rings (SSSR count). The summed E-state index contributed by atoms with van der Waals surface area (Å²) in [6.45, 7) is 0.628. The molecule has 19 heavy (non-hydrogen) atoms. The lowest BCUT2D eigenvalue weighted by Gasteiger charge is -2.31. The number of ether oxygens (including phenoxy) is 1. The van der Waals surface area contributed by atoms with Crippen LogP contribution in [0.25, 0.3) is 0 Å². The minimum Gasteiger partial charge on any atom is -0.453 e. The van der Waals surface area contributed by atoms with Gasteiger partial charge in [0.15, 0.2) is 5.76 Å². The molecule has 1 fully saturated rings. The average molecular weight is 267 g/mol. The number of hydrogen-bond acceptors (Lipinski definition) is 4. The van der Waals surface area contributed by atoms with E-state index in [0.29, 0.717) is 12.4 Å². The third kappa shape index (κ3) is 3.81. The highest BCUT2D eigenvalue weighted by Gasteiger charge is 2.29. The summed E-state index contributed by atoms with van der Waals surface area (Å²) in [5.41, 5.74) is -0.754. The Kier molecular flexibility index (Phi) is 4.61. The van der Waals surface area contributed by atoms with Crippen molar-refractivity contribution in [3.05, 3.63) is 23.7 Å². The molecule has 5 heteroatoms. The number of furan rings is 1. The molecule has 106 valence electrons. The van der Waals surface area contributed by atoms with Gasteiger partial charge in [0.05, 0.1) is 5.60 Å². The zero-order valence-corrected chi connectivity index (χ0v) is 11.3. The summed E-state index contributed by atoms with van der Waals surface area (Å²) in [5, 5.41) is 13.0. The molecule has 1 heterocycles. The van der Waals surface area contributed by atoms with Gasteiger partial charge in [0.2, 0.25) is 0 Å². The molecule has 0 aliphatic heterocycles. The van der Waals surface area contributed by atoms with Crippen molar-refractivity contribution in [1.29, 1.82) is 0 Å². The molecule has 0 spiro atoms. The van der Waals surface area contributed by atoms with E-state index in [0.717, 1.165) is 32.1 Å². The average Bonchev–Trinajstić information content (AvgIpc) is 2.86. The Bertz CT molecular complexity index is 421. The lowest BCUT2D eigenvalue weighted by atomic mass is 9.85. The fourth-order valence-electron chi connectivity index (χ4n) is 2.44. The largest absolute Gasteiger partial charge is 0.453 e. The van der Waals surface area contributed by atoms with Crippen LogP contribution in [0.15, 0.2) is 16.5 Å². The summed E-state index contributed by atoms with van der Waals surface area (Å²) in [7, 11) is 1.57. The van der Waals surface area contributed by atoms with Gasteiger partial charge >= 0.3 is 0 Å². The number of methoxy groups -OCH3 is 1. The molecule has 1 amide bonds. The first-order chi connectivity index (χ1) is 9.13. The van der Waals surface area contributed by atoms with Gasteiger partial charge in [0.25, 0.3) is 5.91 Å². The molecular weight excluding hydrogens is 246 g/mol. The third-order valence-electron chi connectivity index (χ3n) is 3.53. The maximum Gasteiger partial charge on any atom is 0.287 e. The molecule has 0 bridgehead atoms. The van der Waals surface area contributed by atoms with Crippen molar-refractivity contribution in [2.75, 3.05) is 13.7 Å². The third-order valence-corrected chi connectivity index (χ3v) is 3.53. The molecule has 1 aliphatic carbocycles. The number of aliphatic hydroxyl groups is 1. The van der Waals surface area contributed by atoms with Gasteiger partial charge in [-0.2, -0.15) is 0 Å². The van der Waals surface area contributed by atoms with Crippen LogP contribution < -0.4 is 5.32 Å². The number of hydrogen-bond donors (Lipinski definition) is 2. The highest BCUT2D eigenvalue weighted by molar-refractivity contribution is 5.91. The van der Waals surface area contributed by atoms with Crippen molar-refractivity contribution in [2.45, 2.75) is 44.3 Å². The van der Waals surface area contributed by atoms with Gasteiger partial charge in [-0.3, -0.25) is 4.79 Å². The van der Waals surface area contributed by atoms with Crippen molar-refractivity contribution >= 4 is 5.91 Å². The van der Waals surface area contributed by atoms with Crippen LogP contribution in [-0.2, 0) is 11.3 Å². The molecule has 0 radical (unpaired) electrons. The quantitative estimate of drug-likeness (QED) is 0.854. The fraction of sp³-hybridized carbons (Fsp3) is 0.643. The highest BCUT2D eigenvalue weighted by Crippen LogP contribution is 2.27. The Balaban J connectivity index is 1.86. The lowest BCUT2D eigenvalue weighted by Crippen LogP contribution is -2.44. The van der Waals surface area contributed by atoms with Crippen LogP contribution in [0.3, 0.4) is 0 Å². The topological polar surface area (TPSA) is 71.7 Å². The number of carbonyl (C=O) groups excluding carboxylic acids is 1. The summed E-state index contributed by atoms with van der Waals surface area (Å²) in [5.74, 6) is 0.580. The predicted molar refractivity (Wildman–Crippen MR) is 69.8 cm³/mol. The number of nitrogens with one attached hydrogen (secondary N) is 1. The van der Waals surface area contributed by atoms with Crippen molar-refractivity contribution in [3.63, 3.8) is 0 Å². The second-order valence-corrected chi connectivity index (χ2v) is 5.17. The van der Waals surface area contributed by atoms with Gasteiger partial charge in [0, 0.05) is 13.7 Å². The zero-order chi connectivity index (χ0) is 13.7. The Hall–Kier alpha value is -1.33. The Morgan fingerprint density at radius 3 is 2.84 bits per heavy atom. The number of carbonyl (C=O) groups is 1. The van der Waals surface area contributed by atoms with E-state index in [-0.39, 0.29) is 18.2 Å². The molecule has 0 aromatic carbocycles. The molecule has 1 aromatic heterocycles. The second-order valence-electron chi connectivity index (χ2n) is 5.17. The van der Waals surface area contributed by atoms with Gasteiger partial charge in [-0.1, -0.05) is 19.3 Å². The minimum absolute atomic E-state index is 0.256. The normalized spacial score (nSPS) is 18.2. The molecular formula is C14H21NO4. The van der Waals surface area contributed by atoms with E-state index in [1.54, 1.807) is 19.2 Å². The zero-order valence-electron chi connectivity index (χ0n) is 11.3. The van der Waals surface area contributed by atoms with Crippen LogP contribution in [-0.4, -0.2) is 30.3 Å². The molecule has 1 saturated carbocycles. The van der Waals surface area contributed by atoms with Crippen molar-refractivity contribution in [1.82, 2.24) is 5.32 Å². The van der Waals surface area contributed by atoms with Gasteiger partial charge in [0.1, 0.15) is 12.4 Å². The first kappa shape index (κ1) is 14.1. The van der Waals surface area contributed by atoms with Crippen LogP contribution in [0.4, 0.5) is 0 Å². The highest BCUT2D eigenvalue weighted by atomic mass is 16.5. The van der Waals surface area contributed by atoms with E-state index >= 15 is 0 Å². The summed E-state index contributed by atoms with van der Waals surface area (Å²) in [6, 6.07) is 3.34. The standard InChI is InChI=1S/C14H21NO4/c1-18-9-11-5-6-12(19-11)13(16)15-10-14(17)7-3-2-4-8-14/h5-6,17H,2-4,7-10H2,1H3,(H,15,16). The molecule has 0 unspecified atom stereocenters. The maximum atomic E-state index is 11.9. The van der Waals surface area contributed by atoms with Gasteiger partial charge in [-0.15, -0.1) is 0 Å². The van der Waals surface area contributed by atoms with Crippen molar-refractivity contribution in [3.8, 4) is 0 Å². The van der Waals surface area contributed by atoms with Crippen LogP contribution in [0.2, 0.25) is 0 Å². The lowest BCUT2D eigenvalue weighted by molar-refractivity contribution is 0.00499. The second kappa shape index (κ2) is 6.21. The first-order valence-electron chi connectivity index (χ1n) is 6.71. The van der Waals surface area contributed by atoms with E-state index in [4.69, 9.17) is 9.15 Å². The number of amides is 1. The summed E-state index contributed by atoms with van der Waals surface area (Å²) < 4.78 is 10.3. The predicted octanol–water partition coefficient (Wildman–Crippen LogP) is 1.85. The van der Waals surface area contributed by atoms with E-state index in [1.807, 2.05) is 0 Å². The minimum atomic E-state index is -0.754. The Labute approximate surface area is 112 Å². The van der Waals surface area contributed by atoms with Gasteiger partial charge < -0.3 is 19.6 Å². The SMILES string of the molecule is COCc1ccc(C(=O)NCC2(O)CCCCC2)o1. The molecule has 2 N–H and O–H groups in total. The summed E-state index contributed by atoms with van der Waals surface area (Å²) in [4.78, 5) is 11.9. The first-order valence-corrected chi connectivity index (χ1v) is 6.71. The fourth-order valence-corrected chi connectivity index (χ4v) is 2.44. The Morgan fingerprint density at radius 1 is 1.42 bits per heavy atom. The Morgan fingerprint density at radius 2 is 2.16 bits per heavy atom. The summed E-state index contributed by atoms with van der Waals surface area (Å²) in [6.07, 6.45) is 4.70. The molecule has 0 atom stereocenters. The summed E-state index contributed by atoms with van der Waals surface area (Å²) >= 11 is 0. The van der Waals surface area contributed by atoms with Crippen LogP contribution in [0.1, 0.15) is 48.4 Å². The van der Waals surface area contributed by atoms with E-state index in [9.17, 15) is 9.90 Å². The van der Waals surface area contributed by atoms with Crippen LogP contribution in [0.5, 0.6) is 0 Å². The maximum absolute atomic E-state index is 11.9. The van der Waals surface area contributed by atoms with Crippen molar-refractivity contribution < 1.29 is 19.1 Å². The molecule has 1 aliphatic rings. The smallest absolute Gasteiger partial charge is 0.287 e. The molecule has 5 nitrogen and oxygen atoms in total. The number of rotatable bonds is 5. The van der Waals surface area contributed by atoms with E-state index in [2.05, 4.69) is 5.32 Å². The van der Waals surface area contributed by atoms with E-state index in [1.165, 1.54) is 0 Å². The molecule has 0 saturated heterocycles. The van der Waals surface area contributed by atoms with Crippen LogP contribution in [0, 0.1) is 0 Å². The van der Waals surface area contributed by atoms with Gasteiger partial charge in [-0.25, -0.2) is 0 Å². The molecule has 1 aromatic rings. The van der Waals surface area contributed by atoms with Crippen molar-refractivity contribution in [2.24, 2.45) is 0 Å². The van der Waals surface area contributed by atoms with E-state index < -0.39 is 5.60 Å². The van der Waals surface area contributed by atoms with Gasteiger partial charge in [-0.05, 0) is 25.0 Å². The monoisotopic (exact) mass is 267 g/mol.